The lowest BCUT2D eigenvalue weighted by molar-refractivity contribution is -0.113. The first kappa shape index (κ1) is 21.8. The van der Waals surface area contributed by atoms with Crippen LogP contribution >= 0.6 is 46.2 Å². The minimum Gasteiger partial charge on any atom is -0.462 e. The predicted octanol–water partition coefficient (Wildman–Crippen LogP) is 5.20. The van der Waals surface area contributed by atoms with Crippen molar-refractivity contribution < 1.29 is 14.3 Å². The Morgan fingerprint density at radius 3 is 2.55 bits per heavy atom. The van der Waals surface area contributed by atoms with E-state index in [1.165, 1.54) is 46.2 Å². The SMILES string of the molecule is CCOC(=O)c1c(-c2ccc(C)cc2)csc1NC(=O)CSc1nnc(SC)s1. The zero-order valence-electron chi connectivity index (χ0n) is 16.1. The molecule has 0 aliphatic rings. The number of carbonyl (C=O) groups excluding carboxylic acids is 2. The van der Waals surface area contributed by atoms with E-state index >= 15 is 0 Å². The summed E-state index contributed by atoms with van der Waals surface area (Å²) in [6.45, 7) is 4.03. The number of amides is 1. The molecular weight excluding hydrogens is 446 g/mol. The highest BCUT2D eigenvalue weighted by Gasteiger charge is 2.23. The number of hydrogen-bond acceptors (Lipinski definition) is 9. The largest absolute Gasteiger partial charge is 0.462 e. The first-order valence-electron chi connectivity index (χ1n) is 8.67. The smallest absolute Gasteiger partial charge is 0.341 e. The number of anilines is 1. The summed E-state index contributed by atoms with van der Waals surface area (Å²) in [6.07, 6.45) is 1.93. The molecule has 1 N–H and O–H groups in total. The van der Waals surface area contributed by atoms with Gasteiger partial charge in [0.2, 0.25) is 5.91 Å². The molecule has 0 bridgehead atoms. The summed E-state index contributed by atoms with van der Waals surface area (Å²) in [5, 5.41) is 13.3. The summed E-state index contributed by atoms with van der Waals surface area (Å²) in [5.74, 6) is -0.469. The van der Waals surface area contributed by atoms with E-state index in [1.54, 1.807) is 6.92 Å². The van der Waals surface area contributed by atoms with Crippen LogP contribution in [-0.2, 0) is 9.53 Å². The molecule has 0 atom stereocenters. The van der Waals surface area contributed by atoms with Crippen LogP contribution in [0.2, 0.25) is 0 Å². The number of thioether (sulfide) groups is 2. The third-order valence-corrected chi connectivity index (χ3v) is 7.70. The van der Waals surface area contributed by atoms with Gasteiger partial charge in [-0.25, -0.2) is 4.79 Å². The van der Waals surface area contributed by atoms with Gasteiger partial charge in [0.15, 0.2) is 8.68 Å². The topological polar surface area (TPSA) is 81.2 Å². The van der Waals surface area contributed by atoms with Crippen molar-refractivity contribution in [1.29, 1.82) is 0 Å². The second kappa shape index (κ2) is 10.2. The van der Waals surface area contributed by atoms with E-state index in [4.69, 9.17) is 4.74 Å². The fraction of sp³-hybridized carbons (Fsp3) is 0.263. The van der Waals surface area contributed by atoms with Crippen LogP contribution in [0.25, 0.3) is 11.1 Å². The Hall–Kier alpha value is -1.88. The molecule has 152 valence electrons. The average Bonchev–Trinajstić information content (AvgIpc) is 3.34. The standard InChI is InChI=1S/C19H19N3O3S4/c1-4-25-17(24)15-13(12-7-5-11(2)6-8-12)9-27-16(15)20-14(23)10-28-19-22-21-18(26-3)29-19/h5-9H,4,10H2,1-3H3,(H,20,23). The molecule has 2 heterocycles. The molecule has 0 spiro atoms. The van der Waals surface area contributed by atoms with E-state index in [2.05, 4.69) is 15.5 Å². The number of ether oxygens (including phenoxy) is 1. The molecule has 3 aromatic rings. The van der Waals surface area contributed by atoms with Crippen molar-refractivity contribution >= 4 is 63.1 Å². The van der Waals surface area contributed by atoms with E-state index in [-0.39, 0.29) is 18.3 Å². The van der Waals surface area contributed by atoms with E-state index in [0.29, 0.717) is 10.6 Å². The number of esters is 1. The Morgan fingerprint density at radius 2 is 1.90 bits per heavy atom. The Morgan fingerprint density at radius 1 is 1.17 bits per heavy atom. The fourth-order valence-electron chi connectivity index (χ4n) is 2.43. The van der Waals surface area contributed by atoms with Gasteiger partial charge in [-0.2, -0.15) is 0 Å². The Kier molecular flexibility index (Phi) is 7.70. The van der Waals surface area contributed by atoms with Crippen molar-refractivity contribution in [3.8, 4) is 11.1 Å². The maximum atomic E-state index is 12.6. The number of benzene rings is 1. The van der Waals surface area contributed by atoms with E-state index in [1.807, 2.05) is 42.8 Å². The Balaban J connectivity index is 1.77. The molecule has 0 saturated carbocycles. The van der Waals surface area contributed by atoms with Gasteiger partial charge in [0.05, 0.1) is 12.4 Å². The highest BCUT2D eigenvalue weighted by Crippen LogP contribution is 2.36. The third-order valence-electron chi connectivity index (χ3n) is 3.78. The zero-order chi connectivity index (χ0) is 20.8. The Labute approximate surface area is 185 Å². The minimum atomic E-state index is -0.444. The second-order valence-electron chi connectivity index (χ2n) is 5.81. The number of aromatic nitrogens is 2. The van der Waals surface area contributed by atoms with Gasteiger partial charge in [0.1, 0.15) is 10.6 Å². The van der Waals surface area contributed by atoms with Crippen LogP contribution in [0, 0.1) is 6.92 Å². The van der Waals surface area contributed by atoms with Crippen molar-refractivity contribution in [2.45, 2.75) is 22.5 Å². The summed E-state index contributed by atoms with van der Waals surface area (Å²) in [7, 11) is 0. The number of hydrogen-bond donors (Lipinski definition) is 1. The summed E-state index contributed by atoms with van der Waals surface area (Å²) >= 11 is 5.61. The van der Waals surface area contributed by atoms with Gasteiger partial charge in [0.25, 0.3) is 0 Å². The van der Waals surface area contributed by atoms with Crippen LogP contribution in [0.3, 0.4) is 0 Å². The van der Waals surface area contributed by atoms with Crippen LogP contribution in [0.5, 0.6) is 0 Å². The predicted molar refractivity (Wildman–Crippen MR) is 121 cm³/mol. The van der Waals surface area contributed by atoms with Gasteiger partial charge in [-0.1, -0.05) is 64.7 Å². The third kappa shape index (κ3) is 5.59. The summed E-state index contributed by atoms with van der Waals surface area (Å²) < 4.78 is 6.83. The van der Waals surface area contributed by atoms with Gasteiger partial charge in [0, 0.05) is 10.9 Å². The quantitative estimate of drug-likeness (QED) is 0.361. The Bertz CT molecular complexity index is 999. The maximum Gasteiger partial charge on any atom is 0.341 e. The van der Waals surface area contributed by atoms with Crippen molar-refractivity contribution in [1.82, 2.24) is 10.2 Å². The number of carbonyl (C=O) groups is 2. The molecule has 0 radical (unpaired) electrons. The molecule has 1 amide bonds. The van der Waals surface area contributed by atoms with Gasteiger partial charge in [-0.15, -0.1) is 21.5 Å². The number of nitrogens with one attached hydrogen (secondary N) is 1. The van der Waals surface area contributed by atoms with E-state index in [0.717, 1.165) is 25.4 Å². The summed E-state index contributed by atoms with van der Waals surface area (Å²) in [4.78, 5) is 25.1. The normalized spacial score (nSPS) is 10.7. The number of aryl methyl sites for hydroxylation is 1. The van der Waals surface area contributed by atoms with Crippen molar-refractivity contribution in [3.05, 3.63) is 40.8 Å². The summed E-state index contributed by atoms with van der Waals surface area (Å²) in [5.41, 5.74) is 3.18. The monoisotopic (exact) mass is 465 g/mol. The minimum absolute atomic E-state index is 0.184. The number of nitrogens with zero attached hydrogens (tertiary/aromatic N) is 2. The molecule has 2 aromatic heterocycles. The van der Waals surface area contributed by atoms with E-state index < -0.39 is 5.97 Å². The zero-order valence-corrected chi connectivity index (χ0v) is 19.3. The van der Waals surface area contributed by atoms with Crippen molar-refractivity contribution in [2.24, 2.45) is 0 Å². The lowest BCUT2D eigenvalue weighted by Gasteiger charge is -2.09. The first-order chi connectivity index (χ1) is 14.0. The highest BCUT2D eigenvalue weighted by molar-refractivity contribution is 8.03. The van der Waals surface area contributed by atoms with Gasteiger partial charge in [-0.3, -0.25) is 4.79 Å². The molecule has 29 heavy (non-hydrogen) atoms. The second-order valence-corrected chi connectivity index (χ2v) is 9.95. The van der Waals surface area contributed by atoms with Crippen LogP contribution in [0.1, 0.15) is 22.8 Å². The van der Waals surface area contributed by atoms with Crippen molar-refractivity contribution in [2.75, 3.05) is 23.9 Å². The van der Waals surface area contributed by atoms with Crippen LogP contribution in [-0.4, -0.2) is 40.7 Å². The van der Waals surface area contributed by atoms with Crippen LogP contribution < -0.4 is 5.32 Å². The van der Waals surface area contributed by atoms with Crippen LogP contribution in [0.4, 0.5) is 5.00 Å². The number of rotatable bonds is 8. The molecule has 6 nitrogen and oxygen atoms in total. The number of thiophene rings is 1. The molecule has 0 fully saturated rings. The van der Waals surface area contributed by atoms with Gasteiger partial charge < -0.3 is 10.1 Å². The van der Waals surface area contributed by atoms with Gasteiger partial charge in [-0.05, 0) is 25.7 Å². The lowest BCUT2D eigenvalue weighted by atomic mass is 10.0. The highest BCUT2D eigenvalue weighted by atomic mass is 32.2. The van der Waals surface area contributed by atoms with Gasteiger partial charge >= 0.3 is 5.97 Å². The van der Waals surface area contributed by atoms with Crippen molar-refractivity contribution in [3.63, 3.8) is 0 Å². The summed E-state index contributed by atoms with van der Waals surface area (Å²) in [6, 6.07) is 7.89. The van der Waals surface area contributed by atoms with E-state index in [9.17, 15) is 9.59 Å². The molecule has 1 aromatic carbocycles. The molecule has 0 aliphatic carbocycles. The average molecular weight is 466 g/mol. The molecule has 3 rings (SSSR count). The maximum absolute atomic E-state index is 12.6. The molecular formula is C19H19N3O3S4. The molecule has 0 saturated heterocycles. The molecule has 0 unspecified atom stereocenters. The lowest BCUT2D eigenvalue weighted by Crippen LogP contribution is -2.16. The molecule has 0 aliphatic heterocycles. The molecule has 10 heteroatoms. The first-order valence-corrected chi connectivity index (χ1v) is 12.6. The van der Waals surface area contributed by atoms with Crippen LogP contribution in [0.15, 0.2) is 38.3 Å². The fourth-order valence-corrected chi connectivity index (χ4v) is 5.64.